The molecule has 0 spiro atoms. The van der Waals surface area contributed by atoms with Gasteiger partial charge >= 0.3 is 0 Å². The Balaban J connectivity index is 2.03. The van der Waals surface area contributed by atoms with E-state index in [4.69, 9.17) is 5.73 Å². The highest BCUT2D eigenvalue weighted by molar-refractivity contribution is 5.87. The number of benzene rings is 1. The standard InChI is InChI=1S/C16H9FN8/c17-10-5-9(4-8-2-1-3-20-12(8)10)13-14(16-21-7-22-25-16)24-15(19)11(6-18)23-13/h1-5,7H,(H2,19,24)(H,21,22,25). The largest absolute Gasteiger partial charge is 0.381 e. The van der Waals surface area contributed by atoms with Gasteiger partial charge < -0.3 is 5.73 Å². The number of aromatic nitrogens is 6. The highest BCUT2D eigenvalue weighted by Gasteiger charge is 2.19. The zero-order valence-corrected chi connectivity index (χ0v) is 12.6. The Morgan fingerprint density at radius 1 is 1.16 bits per heavy atom. The average molecular weight is 332 g/mol. The summed E-state index contributed by atoms with van der Waals surface area (Å²) in [5, 5.41) is 16.2. The van der Waals surface area contributed by atoms with E-state index in [0.717, 1.165) is 0 Å². The van der Waals surface area contributed by atoms with Crippen molar-refractivity contribution in [3.63, 3.8) is 0 Å². The molecule has 0 aliphatic rings. The lowest BCUT2D eigenvalue weighted by molar-refractivity contribution is 0.637. The van der Waals surface area contributed by atoms with Crippen LogP contribution in [0.15, 0.2) is 36.8 Å². The minimum atomic E-state index is -0.506. The van der Waals surface area contributed by atoms with Crippen molar-refractivity contribution in [1.82, 2.24) is 30.1 Å². The number of anilines is 1. The molecule has 0 saturated heterocycles. The molecule has 0 unspecified atom stereocenters. The predicted octanol–water partition coefficient (Wildman–Crippen LogP) is 2.07. The SMILES string of the molecule is N#Cc1nc(-c2cc(F)c3ncccc3c2)c(-c2ncn[nH]2)nc1N. The summed E-state index contributed by atoms with van der Waals surface area (Å²) in [5.41, 5.74) is 6.93. The number of nitrogens with two attached hydrogens (primary N) is 1. The van der Waals surface area contributed by atoms with Gasteiger partial charge in [0.05, 0.1) is 0 Å². The number of fused-ring (bicyclic) bond motifs is 1. The number of nitrogens with zero attached hydrogens (tertiary/aromatic N) is 6. The molecule has 3 heterocycles. The van der Waals surface area contributed by atoms with Crippen LogP contribution in [0.1, 0.15) is 5.69 Å². The number of aromatic amines is 1. The van der Waals surface area contributed by atoms with Crippen molar-refractivity contribution in [1.29, 1.82) is 5.26 Å². The van der Waals surface area contributed by atoms with Crippen LogP contribution >= 0.6 is 0 Å². The number of nitriles is 1. The molecule has 0 aliphatic heterocycles. The van der Waals surface area contributed by atoms with Crippen LogP contribution in [0.4, 0.5) is 10.2 Å². The summed E-state index contributed by atoms with van der Waals surface area (Å²) in [4.78, 5) is 16.5. The Morgan fingerprint density at radius 2 is 2.04 bits per heavy atom. The van der Waals surface area contributed by atoms with Crippen LogP contribution in [0, 0.1) is 17.1 Å². The topological polar surface area (TPSA) is 130 Å². The first-order valence-corrected chi connectivity index (χ1v) is 7.15. The lowest BCUT2D eigenvalue weighted by Crippen LogP contribution is -2.04. The first kappa shape index (κ1) is 14.6. The van der Waals surface area contributed by atoms with E-state index in [1.54, 1.807) is 18.2 Å². The van der Waals surface area contributed by atoms with Gasteiger partial charge in [-0.3, -0.25) is 10.1 Å². The molecule has 8 nitrogen and oxygen atoms in total. The Labute approximate surface area is 140 Å². The molecule has 0 bridgehead atoms. The van der Waals surface area contributed by atoms with E-state index < -0.39 is 5.82 Å². The fourth-order valence-electron chi connectivity index (χ4n) is 2.50. The van der Waals surface area contributed by atoms with Crippen LogP contribution in [0.25, 0.3) is 33.7 Å². The highest BCUT2D eigenvalue weighted by Crippen LogP contribution is 2.31. The van der Waals surface area contributed by atoms with Crippen LogP contribution in [0.3, 0.4) is 0 Å². The predicted molar refractivity (Wildman–Crippen MR) is 87.2 cm³/mol. The zero-order valence-electron chi connectivity index (χ0n) is 12.6. The van der Waals surface area contributed by atoms with Gasteiger partial charge in [-0.25, -0.2) is 19.3 Å². The molecule has 25 heavy (non-hydrogen) atoms. The van der Waals surface area contributed by atoms with Crippen LogP contribution in [-0.2, 0) is 0 Å². The minimum absolute atomic E-state index is 0.0411. The molecule has 3 N–H and O–H groups in total. The quantitative estimate of drug-likeness (QED) is 0.574. The molecule has 0 aliphatic carbocycles. The highest BCUT2D eigenvalue weighted by atomic mass is 19.1. The van der Waals surface area contributed by atoms with Gasteiger partial charge in [-0.15, -0.1) is 0 Å². The summed E-state index contributed by atoms with van der Waals surface area (Å²) < 4.78 is 14.4. The lowest BCUT2D eigenvalue weighted by Gasteiger charge is -2.09. The van der Waals surface area contributed by atoms with Gasteiger partial charge in [-0.1, -0.05) is 6.07 Å². The van der Waals surface area contributed by atoms with Crippen LogP contribution in [0.5, 0.6) is 0 Å². The second-order valence-corrected chi connectivity index (χ2v) is 5.13. The molecule has 4 aromatic rings. The Kier molecular flexibility index (Phi) is 3.29. The van der Waals surface area contributed by atoms with Crippen molar-refractivity contribution >= 4 is 16.7 Å². The van der Waals surface area contributed by atoms with Gasteiger partial charge in [-0.2, -0.15) is 10.4 Å². The smallest absolute Gasteiger partial charge is 0.183 e. The third-order valence-corrected chi connectivity index (χ3v) is 3.60. The van der Waals surface area contributed by atoms with Crippen molar-refractivity contribution in [2.45, 2.75) is 0 Å². The lowest BCUT2D eigenvalue weighted by atomic mass is 10.1. The molecule has 4 rings (SSSR count). The second kappa shape index (κ2) is 5.61. The number of hydrogen-bond donors (Lipinski definition) is 2. The normalized spacial score (nSPS) is 10.7. The summed E-state index contributed by atoms with van der Waals surface area (Å²) >= 11 is 0. The molecule has 9 heteroatoms. The second-order valence-electron chi connectivity index (χ2n) is 5.13. The van der Waals surface area contributed by atoms with E-state index in [2.05, 4.69) is 30.1 Å². The van der Waals surface area contributed by atoms with Crippen LogP contribution in [-0.4, -0.2) is 30.1 Å². The third-order valence-electron chi connectivity index (χ3n) is 3.60. The number of nitrogens with one attached hydrogen (secondary N) is 1. The van der Waals surface area contributed by atoms with Crippen LogP contribution in [0.2, 0.25) is 0 Å². The fourth-order valence-corrected chi connectivity index (χ4v) is 2.50. The molecule has 1 aromatic carbocycles. The molecule has 0 radical (unpaired) electrons. The number of H-pyrrole nitrogens is 1. The van der Waals surface area contributed by atoms with Gasteiger partial charge in [-0.05, 0) is 18.2 Å². The van der Waals surface area contributed by atoms with E-state index in [9.17, 15) is 9.65 Å². The molecular formula is C16H9FN8. The maximum absolute atomic E-state index is 14.4. The van der Waals surface area contributed by atoms with Crippen molar-refractivity contribution in [2.75, 3.05) is 5.73 Å². The van der Waals surface area contributed by atoms with E-state index in [0.29, 0.717) is 16.8 Å². The zero-order chi connectivity index (χ0) is 17.4. The minimum Gasteiger partial charge on any atom is -0.381 e. The number of hydrogen-bond acceptors (Lipinski definition) is 7. The Bertz CT molecular complexity index is 1130. The van der Waals surface area contributed by atoms with E-state index >= 15 is 0 Å². The van der Waals surface area contributed by atoms with E-state index in [1.165, 1.54) is 18.6 Å². The number of rotatable bonds is 2. The summed E-state index contributed by atoms with van der Waals surface area (Å²) in [6.45, 7) is 0. The van der Waals surface area contributed by atoms with Crippen molar-refractivity contribution < 1.29 is 4.39 Å². The first-order chi connectivity index (χ1) is 12.2. The maximum Gasteiger partial charge on any atom is 0.183 e. The Morgan fingerprint density at radius 3 is 2.80 bits per heavy atom. The summed E-state index contributed by atoms with van der Waals surface area (Å²) in [7, 11) is 0. The van der Waals surface area contributed by atoms with Gasteiger partial charge in [0, 0.05) is 17.1 Å². The molecule has 120 valence electrons. The summed E-state index contributed by atoms with van der Waals surface area (Å²) in [6.07, 6.45) is 2.82. The molecule has 0 fully saturated rings. The molecule has 0 saturated carbocycles. The molecule has 3 aromatic heterocycles. The van der Waals surface area contributed by atoms with Crippen molar-refractivity contribution in [2.24, 2.45) is 0 Å². The third kappa shape index (κ3) is 2.42. The fraction of sp³-hybridized carbons (Fsp3) is 0. The number of nitrogen functional groups attached to an aromatic ring is 1. The number of pyridine rings is 1. The monoisotopic (exact) mass is 332 g/mol. The van der Waals surface area contributed by atoms with Crippen LogP contribution < -0.4 is 5.73 Å². The average Bonchev–Trinajstić information content (AvgIpc) is 3.16. The van der Waals surface area contributed by atoms with Gasteiger partial charge in [0.15, 0.2) is 17.3 Å². The van der Waals surface area contributed by atoms with Crippen molar-refractivity contribution in [3.8, 4) is 28.8 Å². The summed E-state index contributed by atoms with van der Waals surface area (Å²) in [5.74, 6) is -0.236. The van der Waals surface area contributed by atoms with E-state index in [1.807, 2.05) is 6.07 Å². The number of halogens is 1. The van der Waals surface area contributed by atoms with Gasteiger partial charge in [0.2, 0.25) is 0 Å². The van der Waals surface area contributed by atoms with Gasteiger partial charge in [0.25, 0.3) is 0 Å². The Hall–Kier alpha value is -3.93. The van der Waals surface area contributed by atoms with Gasteiger partial charge in [0.1, 0.15) is 35.1 Å². The van der Waals surface area contributed by atoms with E-state index in [-0.39, 0.29) is 28.4 Å². The first-order valence-electron chi connectivity index (χ1n) is 7.15. The maximum atomic E-state index is 14.4. The summed E-state index contributed by atoms with van der Waals surface area (Å²) in [6, 6.07) is 8.32. The van der Waals surface area contributed by atoms with Crippen molar-refractivity contribution in [3.05, 3.63) is 48.3 Å². The molecule has 0 atom stereocenters. The molecule has 0 amide bonds. The molecular weight excluding hydrogens is 323 g/mol.